The van der Waals surface area contributed by atoms with Crippen molar-refractivity contribution in [3.05, 3.63) is 42.6 Å². The first-order chi connectivity index (χ1) is 10.1. The second-order valence-electron chi connectivity index (χ2n) is 4.11. The number of nitrogens with one attached hydrogen (secondary N) is 2. The monoisotopic (exact) mass is 321 g/mol. The predicted octanol–water partition coefficient (Wildman–Crippen LogP) is 1.78. The molecule has 0 aliphatic heterocycles. The van der Waals surface area contributed by atoms with Crippen LogP contribution < -0.4 is 16.0 Å². The first-order valence-electron chi connectivity index (χ1n) is 5.89. The topological polar surface area (TPSA) is 110 Å². The Balaban J connectivity index is 1.95. The fourth-order valence-corrected chi connectivity index (χ4v) is 3.86. The van der Waals surface area contributed by atoms with Crippen molar-refractivity contribution in [3.8, 4) is 0 Å². The average molecular weight is 321 g/mol. The van der Waals surface area contributed by atoms with Gasteiger partial charge in [0.15, 0.2) is 5.13 Å². The lowest BCUT2D eigenvalue weighted by Gasteiger charge is -2.06. The molecule has 0 spiro atoms. The second kappa shape index (κ2) is 5.28. The summed E-state index contributed by atoms with van der Waals surface area (Å²) in [7, 11) is -3.73. The van der Waals surface area contributed by atoms with E-state index in [9.17, 15) is 8.42 Å². The predicted molar refractivity (Wildman–Crippen MR) is 82.5 cm³/mol. The molecular formula is C12H11N5O2S2. The van der Waals surface area contributed by atoms with Crippen LogP contribution in [-0.4, -0.2) is 18.4 Å². The number of thiazole rings is 1. The van der Waals surface area contributed by atoms with Gasteiger partial charge in [0, 0.05) is 12.3 Å². The van der Waals surface area contributed by atoms with Gasteiger partial charge in [0.2, 0.25) is 0 Å². The van der Waals surface area contributed by atoms with Gasteiger partial charge < -0.3 is 5.43 Å². The van der Waals surface area contributed by atoms with Gasteiger partial charge in [-0.3, -0.25) is 4.72 Å². The van der Waals surface area contributed by atoms with Crippen LogP contribution in [0.3, 0.4) is 0 Å². The number of sulfonamides is 1. The molecule has 3 aromatic rings. The smallest absolute Gasteiger partial charge is 0.263 e. The van der Waals surface area contributed by atoms with Crippen molar-refractivity contribution in [1.29, 1.82) is 0 Å². The van der Waals surface area contributed by atoms with Crippen LogP contribution in [0.2, 0.25) is 0 Å². The third-order valence-corrected chi connectivity index (χ3v) is 5.12. The third kappa shape index (κ3) is 2.79. The van der Waals surface area contributed by atoms with Gasteiger partial charge in [-0.1, -0.05) is 23.5 Å². The number of pyridine rings is 1. The number of benzene rings is 1. The maximum atomic E-state index is 12.3. The molecule has 0 bridgehead atoms. The van der Waals surface area contributed by atoms with Crippen LogP contribution in [0.25, 0.3) is 10.2 Å². The van der Waals surface area contributed by atoms with E-state index < -0.39 is 10.0 Å². The highest BCUT2D eigenvalue weighted by Crippen LogP contribution is 2.27. The van der Waals surface area contributed by atoms with Crippen LogP contribution in [0.5, 0.6) is 0 Å². The van der Waals surface area contributed by atoms with Gasteiger partial charge in [-0.05, 0) is 18.2 Å². The second-order valence-corrected chi connectivity index (χ2v) is 6.83. The number of hydrogen-bond acceptors (Lipinski definition) is 7. The minimum absolute atomic E-state index is 0.0599. The summed E-state index contributed by atoms with van der Waals surface area (Å²) < 4.78 is 28.0. The van der Waals surface area contributed by atoms with E-state index in [0.717, 1.165) is 10.2 Å². The van der Waals surface area contributed by atoms with Crippen molar-refractivity contribution >= 4 is 42.5 Å². The molecule has 0 aliphatic carbocycles. The Kier molecular flexibility index (Phi) is 3.45. The zero-order chi connectivity index (χ0) is 14.9. The van der Waals surface area contributed by atoms with Gasteiger partial charge in [0.1, 0.15) is 5.82 Å². The summed E-state index contributed by atoms with van der Waals surface area (Å²) in [5.41, 5.74) is 3.06. The number of anilines is 2. The van der Waals surface area contributed by atoms with E-state index in [1.165, 1.54) is 29.7 Å². The summed E-state index contributed by atoms with van der Waals surface area (Å²) in [6, 6.07) is 10.2. The quantitative estimate of drug-likeness (QED) is 0.499. The summed E-state index contributed by atoms with van der Waals surface area (Å²) in [5.74, 6) is 5.49. The van der Waals surface area contributed by atoms with E-state index in [0.29, 0.717) is 5.13 Å². The van der Waals surface area contributed by atoms with Crippen LogP contribution in [0.15, 0.2) is 47.5 Å². The summed E-state index contributed by atoms with van der Waals surface area (Å²) >= 11 is 1.27. The molecule has 3 rings (SSSR count). The number of nitrogens with two attached hydrogens (primary N) is 1. The van der Waals surface area contributed by atoms with E-state index in [1.54, 1.807) is 0 Å². The summed E-state index contributed by atoms with van der Waals surface area (Å²) in [5, 5.41) is 0.315. The van der Waals surface area contributed by atoms with Crippen molar-refractivity contribution in [1.82, 2.24) is 9.97 Å². The van der Waals surface area contributed by atoms with E-state index in [1.807, 2.05) is 24.3 Å². The van der Waals surface area contributed by atoms with E-state index in [-0.39, 0.29) is 10.7 Å². The minimum atomic E-state index is -3.73. The zero-order valence-corrected chi connectivity index (χ0v) is 12.3. The largest absolute Gasteiger partial charge is 0.308 e. The molecule has 2 heterocycles. The number of rotatable bonds is 4. The van der Waals surface area contributed by atoms with Crippen LogP contribution in [0.1, 0.15) is 0 Å². The number of aromatic nitrogens is 2. The Morgan fingerprint density at radius 2 is 2.00 bits per heavy atom. The molecule has 0 saturated carbocycles. The first-order valence-corrected chi connectivity index (χ1v) is 8.19. The van der Waals surface area contributed by atoms with Gasteiger partial charge in [-0.15, -0.1) is 0 Å². The molecular weight excluding hydrogens is 310 g/mol. The third-order valence-electron chi connectivity index (χ3n) is 2.71. The van der Waals surface area contributed by atoms with Gasteiger partial charge in [0.05, 0.1) is 15.1 Å². The van der Waals surface area contributed by atoms with Crippen LogP contribution in [-0.2, 0) is 10.0 Å². The number of hydrogen-bond donors (Lipinski definition) is 3. The molecule has 4 N–H and O–H groups in total. The molecule has 1 aromatic carbocycles. The molecule has 0 radical (unpaired) electrons. The van der Waals surface area contributed by atoms with Crippen LogP contribution >= 0.6 is 11.3 Å². The average Bonchev–Trinajstić information content (AvgIpc) is 2.88. The minimum Gasteiger partial charge on any atom is -0.308 e. The van der Waals surface area contributed by atoms with E-state index >= 15 is 0 Å². The molecule has 0 aliphatic rings. The van der Waals surface area contributed by atoms with Gasteiger partial charge >= 0.3 is 0 Å². The normalized spacial score (nSPS) is 11.5. The Hall–Kier alpha value is -2.23. The molecule has 0 atom stereocenters. The molecule has 0 amide bonds. The van der Waals surface area contributed by atoms with Crippen molar-refractivity contribution in [3.63, 3.8) is 0 Å². The Morgan fingerprint density at radius 3 is 2.76 bits per heavy atom. The Labute approximate surface area is 124 Å². The lowest BCUT2D eigenvalue weighted by molar-refractivity contribution is 0.601. The van der Waals surface area contributed by atoms with Crippen molar-refractivity contribution < 1.29 is 8.42 Å². The van der Waals surface area contributed by atoms with Crippen LogP contribution in [0.4, 0.5) is 10.9 Å². The van der Waals surface area contributed by atoms with E-state index in [4.69, 9.17) is 5.84 Å². The molecule has 0 saturated heterocycles. The highest BCUT2D eigenvalue weighted by atomic mass is 32.2. The summed E-state index contributed by atoms with van der Waals surface area (Å²) in [4.78, 5) is 8.17. The standard InChI is InChI=1S/C12H11N5O2S2/c13-16-11-7-8(5-6-14-11)21(18,19)17-12-15-9-3-1-2-4-10(9)20-12/h1-7H,13H2,(H,14,16)(H,15,17). The lowest BCUT2D eigenvalue weighted by Crippen LogP contribution is -2.14. The SMILES string of the molecule is NNc1cc(S(=O)(=O)Nc2nc3ccccc3s2)ccn1. The van der Waals surface area contributed by atoms with Crippen molar-refractivity contribution in [2.45, 2.75) is 4.90 Å². The fraction of sp³-hybridized carbons (Fsp3) is 0. The number of para-hydroxylation sites is 1. The van der Waals surface area contributed by atoms with Crippen molar-refractivity contribution in [2.75, 3.05) is 10.1 Å². The summed E-state index contributed by atoms with van der Waals surface area (Å²) in [6.45, 7) is 0. The maximum absolute atomic E-state index is 12.3. The highest BCUT2D eigenvalue weighted by Gasteiger charge is 2.17. The molecule has 9 heteroatoms. The van der Waals surface area contributed by atoms with E-state index in [2.05, 4.69) is 20.1 Å². The lowest BCUT2D eigenvalue weighted by atomic mass is 10.3. The Bertz CT molecular complexity index is 858. The van der Waals surface area contributed by atoms with Gasteiger partial charge in [0.25, 0.3) is 10.0 Å². The number of hydrazine groups is 1. The fourth-order valence-electron chi connectivity index (χ4n) is 1.75. The molecule has 108 valence electrons. The molecule has 7 nitrogen and oxygen atoms in total. The number of nitrogens with zero attached hydrogens (tertiary/aromatic N) is 2. The van der Waals surface area contributed by atoms with Crippen LogP contribution in [0, 0.1) is 0 Å². The highest BCUT2D eigenvalue weighted by molar-refractivity contribution is 7.93. The maximum Gasteiger partial charge on any atom is 0.263 e. The van der Waals surface area contributed by atoms with Gasteiger partial charge in [-0.2, -0.15) is 0 Å². The Morgan fingerprint density at radius 1 is 1.19 bits per heavy atom. The zero-order valence-electron chi connectivity index (χ0n) is 10.6. The first kappa shape index (κ1) is 13.7. The number of nitrogen functional groups attached to an aromatic ring is 1. The molecule has 0 unspecified atom stereocenters. The molecule has 2 aromatic heterocycles. The van der Waals surface area contributed by atoms with Gasteiger partial charge in [-0.25, -0.2) is 24.2 Å². The molecule has 21 heavy (non-hydrogen) atoms. The number of fused-ring (bicyclic) bond motifs is 1. The summed E-state index contributed by atoms with van der Waals surface area (Å²) in [6.07, 6.45) is 1.36. The molecule has 0 fully saturated rings. The van der Waals surface area contributed by atoms with Crippen molar-refractivity contribution in [2.24, 2.45) is 5.84 Å².